The van der Waals surface area contributed by atoms with E-state index in [0.29, 0.717) is 43.4 Å². The van der Waals surface area contributed by atoms with Crippen LogP contribution in [-0.2, 0) is 23.8 Å². The zero-order valence-corrected chi connectivity index (χ0v) is 18.8. The van der Waals surface area contributed by atoms with E-state index in [4.69, 9.17) is 15.2 Å². The van der Waals surface area contributed by atoms with Gasteiger partial charge in [-0.3, -0.25) is 9.69 Å². The average Bonchev–Trinajstić information content (AvgIpc) is 2.77. The SMILES string of the molecule is COc1cc2c(cc1OC)[C@H](CCCc1ccc(C(F)(F)F)cc1F)N([C@H](C)C(N)=O)CC2. The maximum absolute atomic E-state index is 14.3. The number of fused-ring (bicyclic) bond motifs is 1. The number of hydrogen-bond acceptors (Lipinski definition) is 4. The molecule has 3 rings (SSSR count). The number of halogens is 4. The van der Waals surface area contributed by atoms with Crippen molar-refractivity contribution in [2.45, 2.75) is 50.9 Å². The van der Waals surface area contributed by atoms with Crippen molar-refractivity contribution in [3.05, 3.63) is 58.4 Å². The van der Waals surface area contributed by atoms with Gasteiger partial charge in [0.2, 0.25) is 5.91 Å². The molecule has 1 amide bonds. The van der Waals surface area contributed by atoms with Crippen LogP contribution in [0.4, 0.5) is 17.6 Å². The molecule has 2 aromatic carbocycles. The number of benzene rings is 2. The van der Waals surface area contributed by atoms with Crippen molar-refractivity contribution in [3.8, 4) is 11.5 Å². The summed E-state index contributed by atoms with van der Waals surface area (Å²) in [5, 5.41) is 0. The second-order valence-electron chi connectivity index (χ2n) is 8.18. The summed E-state index contributed by atoms with van der Waals surface area (Å²) in [6, 6.07) is 5.72. The smallest absolute Gasteiger partial charge is 0.416 e. The molecule has 0 aliphatic carbocycles. The van der Waals surface area contributed by atoms with Crippen LogP contribution >= 0.6 is 0 Å². The Kier molecular flexibility index (Phi) is 7.51. The van der Waals surface area contributed by atoms with Gasteiger partial charge in [-0.1, -0.05) is 6.07 Å². The lowest BCUT2D eigenvalue weighted by Gasteiger charge is -2.40. The number of amides is 1. The van der Waals surface area contributed by atoms with E-state index in [1.54, 1.807) is 21.1 Å². The highest BCUT2D eigenvalue weighted by atomic mass is 19.4. The molecule has 2 atom stereocenters. The fourth-order valence-electron chi connectivity index (χ4n) is 4.41. The highest BCUT2D eigenvalue weighted by Gasteiger charge is 2.34. The van der Waals surface area contributed by atoms with Crippen LogP contribution in [0.5, 0.6) is 11.5 Å². The van der Waals surface area contributed by atoms with Crippen LogP contribution in [0.25, 0.3) is 0 Å². The highest BCUT2D eigenvalue weighted by Crippen LogP contribution is 2.41. The number of methoxy groups -OCH3 is 2. The minimum absolute atomic E-state index is 0.187. The second-order valence-corrected chi connectivity index (χ2v) is 8.18. The quantitative estimate of drug-likeness (QED) is 0.573. The topological polar surface area (TPSA) is 64.8 Å². The largest absolute Gasteiger partial charge is 0.493 e. The first-order valence-corrected chi connectivity index (χ1v) is 10.7. The van der Waals surface area contributed by atoms with Crippen molar-refractivity contribution in [2.24, 2.45) is 5.73 Å². The number of primary amides is 1. The van der Waals surface area contributed by atoms with E-state index < -0.39 is 29.5 Å². The molecule has 0 radical (unpaired) electrons. The zero-order valence-electron chi connectivity index (χ0n) is 18.8. The van der Waals surface area contributed by atoms with Crippen LogP contribution in [0.15, 0.2) is 30.3 Å². The van der Waals surface area contributed by atoms with Crippen molar-refractivity contribution in [1.82, 2.24) is 4.90 Å². The first-order chi connectivity index (χ1) is 15.6. The Labute approximate surface area is 190 Å². The number of carbonyl (C=O) groups excluding carboxylic acids is 1. The molecule has 9 heteroatoms. The molecule has 2 N–H and O–H groups in total. The number of carbonyl (C=O) groups is 1. The molecule has 1 heterocycles. The molecule has 0 bridgehead atoms. The number of hydrogen-bond donors (Lipinski definition) is 1. The summed E-state index contributed by atoms with van der Waals surface area (Å²) < 4.78 is 63.5. The van der Waals surface area contributed by atoms with E-state index in [2.05, 4.69) is 0 Å². The summed E-state index contributed by atoms with van der Waals surface area (Å²) in [5.74, 6) is -0.151. The molecule has 1 aliphatic heterocycles. The minimum atomic E-state index is -4.59. The molecule has 0 unspecified atom stereocenters. The van der Waals surface area contributed by atoms with Gasteiger partial charge in [-0.15, -0.1) is 0 Å². The van der Waals surface area contributed by atoms with Crippen molar-refractivity contribution in [2.75, 3.05) is 20.8 Å². The van der Waals surface area contributed by atoms with Gasteiger partial charge >= 0.3 is 6.18 Å². The van der Waals surface area contributed by atoms with Gasteiger partial charge in [-0.2, -0.15) is 13.2 Å². The molecule has 0 saturated heterocycles. The lowest BCUT2D eigenvalue weighted by molar-refractivity contribution is -0.137. The lowest BCUT2D eigenvalue weighted by atomic mass is 9.87. The van der Waals surface area contributed by atoms with Crippen LogP contribution in [0.1, 0.15) is 48.1 Å². The predicted octanol–water partition coefficient (Wildman–Crippen LogP) is 4.66. The first-order valence-electron chi connectivity index (χ1n) is 10.7. The summed E-state index contributed by atoms with van der Waals surface area (Å²) in [7, 11) is 3.10. The Morgan fingerprint density at radius 2 is 1.85 bits per heavy atom. The predicted molar refractivity (Wildman–Crippen MR) is 116 cm³/mol. The molecule has 2 aromatic rings. The fourth-order valence-corrected chi connectivity index (χ4v) is 4.41. The fraction of sp³-hybridized carbons (Fsp3) is 0.458. The molecule has 180 valence electrons. The molecule has 5 nitrogen and oxygen atoms in total. The Balaban J connectivity index is 1.85. The molecule has 0 aromatic heterocycles. The number of alkyl halides is 3. The summed E-state index contributed by atoms with van der Waals surface area (Å²) in [6.45, 7) is 2.35. The molecule has 0 saturated carbocycles. The van der Waals surface area contributed by atoms with E-state index in [1.165, 1.54) is 6.07 Å². The normalized spacial score (nSPS) is 17.4. The van der Waals surface area contributed by atoms with E-state index in [0.717, 1.165) is 17.2 Å². The molecule has 0 spiro atoms. The summed E-state index contributed by atoms with van der Waals surface area (Å²) in [5.41, 5.74) is 6.82. The summed E-state index contributed by atoms with van der Waals surface area (Å²) >= 11 is 0. The Morgan fingerprint density at radius 1 is 1.18 bits per heavy atom. The number of rotatable bonds is 8. The molecule has 0 fully saturated rings. The standard InChI is InChI=1S/C24H28F4N2O3/c1-14(23(29)31)30-10-9-16-11-21(32-2)22(33-3)13-18(16)20(30)6-4-5-15-7-8-17(12-19(15)25)24(26,27)28/h7-8,11-14,20H,4-6,9-10H2,1-3H3,(H2,29,31)/t14-,20+/m1/s1. The third-order valence-electron chi connectivity index (χ3n) is 6.26. The monoisotopic (exact) mass is 468 g/mol. The van der Waals surface area contributed by atoms with Gasteiger partial charge in [0.25, 0.3) is 0 Å². The third-order valence-corrected chi connectivity index (χ3v) is 6.26. The van der Waals surface area contributed by atoms with Gasteiger partial charge in [-0.05, 0) is 73.6 Å². The van der Waals surface area contributed by atoms with Crippen LogP contribution in [-0.4, -0.2) is 37.6 Å². The van der Waals surface area contributed by atoms with E-state index in [-0.39, 0.29) is 18.0 Å². The lowest BCUT2D eigenvalue weighted by Crippen LogP contribution is -2.47. The Bertz CT molecular complexity index is 1010. The van der Waals surface area contributed by atoms with Crippen molar-refractivity contribution in [1.29, 1.82) is 0 Å². The molecule has 33 heavy (non-hydrogen) atoms. The number of nitrogens with two attached hydrogens (primary N) is 1. The van der Waals surface area contributed by atoms with Crippen molar-refractivity contribution >= 4 is 5.91 Å². The molecule has 1 aliphatic rings. The average molecular weight is 468 g/mol. The van der Waals surface area contributed by atoms with E-state index >= 15 is 0 Å². The van der Waals surface area contributed by atoms with Gasteiger partial charge in [0.1, 0.15) is 5.82 Å². The van der Waals surface area contributed by atoms with Crippen LogP contribution in [0.3, 0.4) is 0 Å². The summed E-state index contributed by atoms with van der Waals surface area (Å²) in [6.07, 6.45) is -2.57. The summed E-state index contributed by atoms with van der Waals surface area (Å²) in [4.78, 5) is 13.9. The maximum Gasteiger partial charge on any atom is 0.416 e. The Morgan fingerprint density at radius 3 is 2.42 bits per heavy atom. The van der Waals surface area contributed by atoms with Gasteiger partial charge in [0.05, 0.1) is 25.8 Å². The third kappa shape index (κ3) is 5.40. The van der Waals surface area contributed by atoms with Gasteiger partial charge in [0.15, 0.2) is 11.5 Å². The number of ether oxygens (including phenoxy) is 2. The highest BCUT2D eigenvalue weighted by molar-refractivity contribution is 5.79. The van der Waals surface area contributed by atoms with Crippen molar-refractivity contribution < 1.29 is 31.8 Å². The minimum Gasteiger partial charge on any atom is -0.493 e. The van der Waals surface area contributed by atoms with Crippen LogP contribution in [0.2, 0.25) is 0 Å². The molecular weight excluding hydrogens is 440 g/mol. The van der Waals surface area contributed by atoms with Crippen LogP contribution < -0.4 is 15.2 Å². The van der Waals surface area contributed by atoms with Crippen LogP contribution in [0, 0.1) is 5.82 Å². The number of nitrogens with zero attached hydrogens (tertiary/aromatic N) is 1. The second kappa shape index (κ2) is 9.99. The molecular formula is C24H28F4N2O3. The first kappa shape index (κ1) is 24.8. The Hall–Kier alpha value is -2.81. The van der Waals surface area contributed by atoms with Gasteiger partial charge < -0.3 is 15.2 Å². The van der Waals surface area contributed by atoms with E-state index in [1.807, 2.05) is 17.0 Å². The van der Waals surface area contributed by atoms with Crippen molar-refractivity contribution in [3.63, 3.8) is 0 Å². The zero-order chi connectivity index (χ0) is 24.3. The number of aryl methyl sites for hydroxylation is 1. The maximum atomic E-state index is 14.3. The van der Waals surface area contributed by atoms with Gasteiger partial charge in [0, 0.05) is 12.6 Å². The van der Waals surface area contributed by atoms with E-state index in [9.17, 15) is 22.4 Å². The van der Waals surface area contributed by atoms with Gasteiger partial charge in [-0.25, -0.2) is 4.39 Å².